The highest BCUT2D eigenvalue weighted by Gasteiger charge is 2.70. The molecule has 2 aliphatic rings. The van der Waals surface area contributed by atoms with Gasteiger partial charge in [-0.15, -0.1) is 6.58 Å². The second kappa shape index (κ2) is 17.3. The van der Waals surface area contributed by atoms with E-state index in [1.165, 1.54) is 37.3 Å². The number of sulfonamides is 1. The van der Waals surface area contributed by atoms with Crippen LogP contribution in [0.25, 0.3) is 0 Å². The third kappa shape index (κ3) is 10.0. The number of fused-ring (bicyclic) bond motifs is 1. The number of carbonyl (C=O) groups is 5. The van der Waals surface area contributed by atoms with Crippen LogP contribution < -0.4 is 26.0 Å². The van der Waals surface area contributed by atoms with Crippen LogP contribution in [0.3, 0.4) is 0 Å². The van der Waals surface area contributed by atoms with Crippen LogP contribution in [-0.2, 0) is 29.2 Å². The van der Waals surface area contributed by atoms with Gasteiger partial charge in [-0.3, -0.25) is 19.2 Å². The summed E-state index contributed by atoms with van der Waals surface area (Å²) in [6.07, 6.45) is 3.04. The molecule has 0 spiro atoms. The van der Waals surface area contributed by atoms with E-state index < -0.39 is 69.1 Å². The molecule has 1 unspecified atom stereocenters. The van der Waals surface area contributed by atoms with E-state index in [0.29, 0.717) is 17.7 Å². The van der Waals surface area contributed by atoms with Gasteiger partial charge in [-0.1, -0.05) is 72.6 Å². The SMILES string of the molecule is C=CCNC(=O)C(=O)C(CCCC)NC(=O)[C@@H]1[C@@H]2[C@H](CN1C(=O)[C@@H](NC(=O)N[C@H](CN(C)S(=O)(=O)c1ccc(OC)cc1)C(=C)C)C(C)(C)C)C2(C)C. The molecule has 5 amide bonds. The highest BCUT2D eigenvalue weighted by Crippen LogP contribution is 2.65. The van der Waals surface area contributed by atoms with E-state index in [0.717, 1.165) is 10.7 Å². The first-order chi connectivity index (χ1) is 24.6. The minimum absolute atomic E-state index is 0.0216. The maximum absolute atomic E-state index is 14.4. The number of likely N-dealkylation sites (tertiary alicyclic amines) is 1. The highest BCUT2D eigenvalue weighted by atomic mass is 32.2. The Morgan fingerprint density at radius 1 is 1.08 bits per heavy atom. The monoisotopic (exact) mass is 758 g/mol. The number of ether oxygens (including phenoxy) is 1. The number of methoxy groups -OCH3 is 1. The Morgan fingerprint density at radius 3 is 2.23 bits per heavy atom. The summed E-state index contributed by atoms with van der Waals surface area (Å²) in [5, 5.41) is 10.8. The van der Waals surface area contributed by atoms with E-state index in [1.807, 2.05) is 20.8 Å². The van der Waals surface area contributed by atoms with Gasteiger partial charge in [0.2, 0.25) is 27.6 Å². The molecule has 1 saturated heterocycles. The number of nitrogens with one attached hydrogen (secondary N) is 4. The van der Waals surface area contributed by atoms with Crippen molar-refractivity contribution in [3.63, 3.8) is 0 Å². The van der Waals surface area contributed by atoms with Crippen molar-refractivity contribution in [2.24, 2.45) is 22.7 Å². The lowest BCUT2D eigenvalue weighted by atomic mass is 9.85. The lowest BCUT2D eigenvalue weighted by molar-refractivity contribution is -0.145. The zero-order valence-electron chi connectivity index (χ0n) is 32.6. The van der Waals surface area contributed by atoms with Crippen LogP contribution in [0.5, 0.6) is 5.75 Å². The summed E-state index contributed by atoms with van der Waals surface area (Å²) in [4.78, 5) is 69.3. The third-order valence-corrected chi connectivity index (χ3v) is 12.2. The van der Waals surface area contributed by atoms with Gasteiger partial charge in [-0.2, -0.15) is 4.31 Å². The van der Waals surface area contributed by atoms with E-state index in [1.54, 1.807) is 39.8 Å². The number of piperidine rings is 1. The van der Waals surface area contributed by atoms with Gasteiger partial charge in [0.15, 0.2) is 0 Å². The number of likely N-dealkylation sites (N-methyl/N-ethyl adjacent to an activating group) is 1. The number of urea groups is 1. The van der Waals surface area contributed by atoms with Crippen molar-refractivity contribution in [2.45, 2.75) is 96.8 Å². The maximum Gasteiger partial charge on any atom is 0.315 e. The fourth-order valence-electron chi connectivity index (χ4n) is 6.91. The van der Waals surface area contributed by atoms with Crippen LogP contribution in [-0.4, -0.2) is 105 Å². The second-order valence-corrected chi connectivity index (χ2v) is 17.8. The van der Waals surface area contributed by atoms with Crippen molar-refractivity contribution < 1.29 is 37.1 Å². The smallest absolute Gasteiger partial charge is 0.315 e. The summed E-state index contributed by atoms with van der Waals surface area (Å²) < 4.78 is 32.9. The molecule has 3 rings (SSSR count). The molecule has 14 nitrogen and oxygen atoms in total. The minimum atomic E-state index is -3.93. The zero-order chi connectivity index (χ0) is 40.1. The van der Waals surface area contributed by atoms with Gasteiger partial charge in [0, 0.05) is 26.7 Å². The first-order valence-corrected chi connectivity index (χ1v) is 19.4. The largest absolute Gasteiger partial charge is 0.497 e. The van der Waals surface area contributed by atoms with Crippen LogP contribution in [0.2, 0.25) is 0 Å². The molecule has 1 aromatic rings. The van der Waals surface area contributed by atoms with Gasteiger partial charge in [-0.25, -0.2) is 13.2 Å². The highest BCUT2D eigenvalue weighted by molar-refractivity contribution is 7.89. The Hall–Kier alpha value is -4.24. The summed E-state index contributed by atoms with van der Waals surface area (Å²) in [6.45, 7) is 20.8. The third-order valence-electron chi connectivity index (χ3n) is 10.4. The number of benzene rings is 1. The number of hydrogen-bond acceptors (Lipinski definition) is 8. The van der Waals surface area contributed by atoms with Crippen molar-refractivity contribution in [3.8, 4) is 5.75 Å². The van der Waals surface area contributed by atoms with Gasteiger partial charge < -0.3 is 30.9 Å². The van der Waals surface area contributed by atoms with Crippen LogP contribution in [0.4, 0.5) is 4.79 Å². The minimum Gasteiger partial charge on any atom is -0.497 e. The fraction of sp³-hybridized carbons (Fsp3) is 0.605. The number of ketones is 1. The topological polar surface area (TPSA) is 183 Å². The molecule has 1 aliphatic heterocycles. The molecule has 1 saturated carbocycles. The average molecular weight is 759 g/mol. The molecule has 15 heteroatoms. The van der Waals surface area contributed by atoms with Gasteiger partial charge in [0.05, 0.1) is 24.1 Å². The second-order valence-electron chi connectivity index (χ2n) is 15.7. The molecule has 1 aliphatic carbocycles. The Kier molecular flexibility index (Phi) is 14.1. The van der Waals surface area contributed by atoms with Crippen LogP contribution in [0, 0.1) is 22.7 Å². The summed E-state index contributed by atoms with van der Waals surface area (Å²) >= 11 is 0. The van der Waals surface area contributed by atoms with Gasteiger partial charge in [0.1, 0.15) is 17.8 Å². The van der Waals surface area contributed by atoms with E-state index in [4.69, 9.17) is 4.74 Å². The molecule has 1 aromatic carbocycles. The van der Waals surface area contributed by atoms with Crippen molar-refractivity contribution in [2.75, 3.05) is 33.8 Å². The van der Waals surface area contributed by atoms with E-state index in [2.05, 4.69) is 34.4 Å². The van der Waals surface area contributed by atoms with Crippen LogP contribution >= 0.6 is 0 Å². The van der Waals surface area contributed by atoms with E-state index in [9.17, 15) is 32.4 Å². The average Bonchev–Trinajstić information content (AvgIpc) is 3.39. The quantitative estimate of drug-likeness (QED) is 0.130. The molecule has 4 N–H and O–H groups in total. The zero-order valence-corrected chi connectivity index (χ0v) is 33.4. The lowest BCUT2D eigenvalue weighted by Crippen LogP contribution is -2.62. The Bertz CT molecular complexity index is 1670. The van der Waals surface area contributed by atoms with E-state index >= 15 is 0 Å². The molecular weight excluding hydrogens is 701 g/mol. The number of nitrogens with zero attached hydrogens (tertiary/aromatic N) is 2. The van der Waals surface area contributed by atoms with Crippen molar-refractivity contribution >= 4 is 39.6 Å². The Labute approximate surface area is 314 Å². The molecular formula is C38H58N6O8S. The Morgan fingerprint density at radius 2 is 1.70 bits per heavy atom. The summed E-state index contributed by atoms with van der Waals surface area (Å²) in [6, 6.07) is 1.32. The molecule has 53 heavy (non-hydrogen) atoms. The number of carbonyl (C=O) groups excluding carboxylic acids is 5. The van der Waals surface area contributed by atoms with Crippen LogP contribution in [0.1, 0.15) is 67.7 Å². The number of rotatable bonds is 18. The molecule has 1 heterocycles. The first kappa shape index (κ1) is 43.2. The predicted octanol–water partition coefficient (Wildman–Crippen LogP) is 3.00. The summed E-state index contributed by atoms with van der Waals surface area (Å²) in [5.41, 5.74) is -0.564. The predicted molar refractivity (Wildman–Crippen MR) is 202 cm³/mol. The number of hydrogen-bond donors (Lipinski definition) is 4. The van der Waals surface area contributed by atoms with E-state index in [-0.39, 0.29) is 48.2 Å². The van der Waals surface area contributed by atoms with Gasteiger partial charge >= 0.3 is 6.03 Å². The van der Waals surface area contributed by atoms with Gasteiger partial charge in [-0.05, 0) is 60.3 Å². The first-order valence-electron chi connectivity index (χ1n) is 18.0. The van der Waals surface area contributed by atoms with Crippen molar-refractivity contribution in [1.82, 2.24) is 30.5 Å². The standard InChI is InChI=1S/C38H58N6O8S/c1-12-14-15-27(31(45)34(47)39-20-13-2)40-33(46)30-29-26(38(29,8)9)21-44(30)35(48)32(37(5,6)7)42-36(49)41-28(23(3)4)22-43(10)53(50,51)25-18-16-24(52-11)17-19-25/h13,16-19,26-30,32H,2-3,12,14-15,20-22H2,1,4-11H3,(H,39,47)(H,40,46)(H2,41,42,49)/t26-,27?,28+,29-,30-,32+/m0/s1. The summed E-state index contributed by atoms with van der Waals surface area (Å²) in [5.74, 6) is -2.25. The molecule has 0 aromatic heterocycles. The lowest BCUT2D eigenvalue weighted by Gasteiger charge is -2.38. The Balaban J connectivity index is 1.81. The van der Waals surface area contributed by atoms with Gasteiger partial charge in [0.25, 0.3) is 5.91 Å². The number of unbranched alkanes of at least 4 members (excludes halogenated alkanes) is 1. The number of Topliss-reactive ketones (excluding diaryl/α,β-unsaturated/α-hetero) is 1. The molecule has 6 atom stereocenters. The van der Waals surface area contributed by atoms with Crippen molar-refractivity contribution in [3.05, 3.63) is 49.1 Å². The normalized spacial score (nSPS) is 20.6. The maximum atomic E-state index is 14.4. The van der Waals surface area contributed by atoms with Crippen molar-refractivity contribution in [1.29, 1.82) is 0 Å². The molecule has 0 radical (unpaired) electrons. The van der Waals surface area contributed by atoms with Crippen LogP contribution in [0.15, 0.2) is 54.0 Å². The molecule has 0 bridgehead atoms. The summed E-state index contributed by atoms with van der Waals surface area (Å²) in [7, 11) is -1.05. The number of amides is 5. The molecule has 2 fully saturated rings. The fourth-order valence-corrected chi connectivity index (χ4v) is 8.10. The molecule has 294 valence electrons.